The predicted octanol–water partition coefficient (Wildman–Crippen LogP) is 6.76. The summed E-state index contributed by atoms with van der Waals surface area (Å²) in [7, 11) is 1.00. The Hall–Kier alpha value is -2.52. The highest BCUT2D eigenvalue weighted by Crippen LogP contribution is 2.46. The number of aliphatic hydroxyl groups is 1. The number of Topliss-reactive ketones (excluding diaryl/α,β-unsaturated/α-hetero) is 1. The molecule has 1 atom stereocenters. The normalized spacial score (nSPS) is 16.7. The summed E-state index contributed by atoms with van der Waals surface area (Å²) in [5.74, 6) is 0.261. The molecule has 31 heavy (non-hydrogen) atoms. The van der Waals surface area contributed by atoms with E-state index in [2.05, 4.69) is 64.4 Å². The summed E-state index contributed by atoms with van der Waals surface area (Å²) in [5.41, 5.74) is 8.41. The highest BCUT2D eigenvalue weighted by atomic mass is 16.2. The lowest BCUT2D eigenvalue weighted by atomic mass is 9.72. The van der Waals surface area contributed by atoms with Crippen LogP contribution in [0, 0.1) is 27.7 Å². The minimum absolute atomic E-state index is 0.261. The number of pyridine rings is 1. The van der Waals surface area contributed by atoms with E-state index >= 15 is 0 Å². The van der Waals surface area contributed by atoms with E-state index in [4.69, 9.17) is 5.11 Å². The maximum atomic E-state index is 12.4. The van der Waals surface area contributed by atoms with Gasteiger partial charge in [-0.15, -0.1) is 0 Å². The minimum atomic E-state index is -0.371. The van der Waals surface area contributed by atoms with Crippen molar-refractivity contribution in [2.75, 3.05) is 7.11 Å². The molecule has 0 amide bonds. The van der Waals surface area contributed by atoms with E-state index in [1.54, 1.807) is 6.92 Å². The Morgan fingerprint density at radius 1 is 1.00 bits per heavy atom. The fraction of sp³-hybridized carbons (Fsp3) is 0.429. The van der Waals surface area contributed by atoms with E-state index in [0.29, 0.717) is 0 Å². The fourth-order valence-electron chi connectivity index (χ4n) is 3.79. The highest BCUT2D eigenvalue weighted by molar-refractivity contribution is 5.90. The molecule has 1 heterocycles. The van der Waals surface area contributed by atoms with E-state index in [9.17, 15) is 4.79 Å². The van der Waals surface area contributed by atoms with Crippen LogP contribution >= 0.6 is 0 Å². The number of hydrogen-bond donors (Lipinski definition) is 1. The molecule has 1 aliphatic rings. The van der Waals surface area contributed by atoms with E-state index in [1.807, 2.05) is 38.4 Å². The molecule has 3 nitrogen and oxygen atoms in total. The van der Waals surface area contributed by atoms with Crippen LogP contribution in [0.4, 0.5) is 0 Å². The molecule has 3 rings (SSSR count). The molecule has 0 aliphatic heterocycles. The zero-order valence-corrected chi connectivity index (χ0v) is 21.0. The molecular formula is C28H41NO2. The van der Waals surface area contributed by atoms with Gasteiger partial charge in [-0.1, -0.05) is 50.3 Å². The second-order valence-electron chi connectivity index (χ2n) is 7.71. The number of aliphatic hydroxyl groups excluding tert-OH is 1. The Balaban J connectivity index is 0.000000625. The summed E-state index contributed by atoms with van der Waals surface area (Å²) in [6, 6.07) is 8.29. The van der Waals surface area contributed by atoms with Gasteiger partial charge >= 0.3 is 0 Å². The largest absolute Gasteiger partial charge is 0.400 e. The number of aryl methyl sites for hydroxylation is 3. The molecule has 0 fully saturated rings. The molecule has 1 aromatic heterocycles. The summed E-state index contributed by atoms with van der Waals surface area (Å²) >= 11 is 0. The van der Waals surface area contributed by atoms with Crippen LogP contribution < -0.4 is 0 Å². The Morgan fingerprint density at radius 3 is 2.03 bits per heavy atom. The number of rotatable bonds is 3. The first kappa shape index (κ1) is 28.5. The zero-order chi connectivity index (χ0) is 24.2. The maximum Gasteiger partial charge on any atom is 0.140 e. The average Bonchev–Trinajstić information content (AvgIpc) is 3.13. The molecule has 0 bridgehead atoms. The molecule has 170 valence electrons. The monoisotopic (exact) mass is 423 g/mol. The van der Waals surface area contributed by atoms with Crippen LogP contribution in [0.25, 0.3) is 0 Å². The van der Waals surface area contributed by atoms with Crippen molar-refractivity contribution in [2.24, 2.45) is 0 Å². The third-order valence-electron chi connectivity index (χ3n) is 5.95. The van der Waals surface area contributed by atoms with Crippen molar-refractivity contribution in [3.8, 4) is 0 Å². The van der Waals surface area contributed by atoms with Gasteiger partial charge in [-0.25, -0.2) is 0 Å². The van der Waals surface area contributed by atoms with Gasteiger partial charge in [0.05, 0.1) is 5.41 Å². The van der Waals surface area contributed by atoms with Crippen LogP contribution in [0.1, 0.15) is 68.4 Å². The summed E-state index contributed by atoms with van der Waals surface area (Å²) in [6.45, 7) is 20.1. The van der Waals surface area contributed by atoms with Gasteiger partial charge in [0, 0.05) is 19.5 Å². The molecule has 0 saturated carbocycles. The van der Waals surface area contributed by atoms with E-state index < -0.39 is 0 Å². The quantitative estimate of drug-likeness (QED) is 0.593. The van der Waals surface area contributed by atoms with Crippen molar-refractivity contribution in [3.05, 3.63) is 88.3 Å². The Morgan fingerprint density at radius 2 is 1.61 bits per heavy atom. The molecular weight excluding hydrogens is 382 g/mol. The van der Waals surface area contributed by atoms with Crippen LogP contribution in [-0.4, -0.2) is 23.0 Å². The standard InChI is InChI=1S/C18H22O.C7H9N.C2H6.CH4O/c1-6-16-11-18(15(5)19,10-13(16)3)17-9-7-8-12(2)14(17)4;1-6-3-4-8-5-7(6)2;2*1-2/h6-9H,1,10-11H2,2-5H3;3-5H,1-2H3;1-2H3;2H,1H3/t18-;;;/m0.../s1. The minimum Gasteiger partial charge on any atom is -0.400 e. The number of allylic oxidation sites excluding steroid dienone is 3. The van der Waals surface area contributed by atoms with Gasteiger partial charge in [-0.2, -0.15) is 0 Å². The lowest BCUT2D eigenvalue weighted by Gasteiger charge is -2.30. The lowest BCUT2D eigenvalue weighted by molar-refractivity contribution is -0.122. The second kappa shape index (κ2) is 13.7. The molecule has 1 aliphatic carbocycles. The van der Waals surface area contributed by atoms with E-state index in [1.165, 1.54) is 39.0 Å². The van der Waals surface area contributed by atoms with Gasteiger partial charge < -0.3 is 5.11 Å². The summed E-state index contributed by atoms with van der Waals surface area (Å²) in [6.07, 6.45) is 7.21. The smallest absolute Gasteiger partial charge is 0.140 e. The number of carbonyl (C=O) groups excluding carboxylic acids is 1. The summed E-state index contributed by atoms with van der Waals surface area (Å²) in [4.78, 5) is 16.3. The van der Waals surface area contributed by atoms with Crippen LogP contribution in [-0.2, 0) is 10.2 Å². The fourth-order valence-corrected chi connectivity index (χ4v) is 3.79. The number of ketones is 1. The summed E-state index contributed by atoms with van der Waals surface area (Å²) in [5, 5.41) is 7.00. The number of hydrogen-bond acceptors (Lipinski definition) is 3. The second-order valence-corrected chi connectivity index (χ2v) is 7.71. The molecule has 0 radical (unpaired) electrons. The first-order chi connectivity index (χ1) is 14.7. The van der Waals surface area contributed by atoms with Gasteiger partial charge in [-0.3, -0.25) is 9.78 Å². The molecule has 1 N–H and O–H groups in total. The average molecular weight is 424 g/mol. The van der Waals surface area contributed by atoms with Gasteiger partial charge in [0.25, 0.3) is 0 Å². The van der Waals surface area contributed by atoms with Crippen molar-refractivity contribution in [3.63, 3.8) is 0 Å². The van der Waals surface area contributed by atoms with Gasteiger partial charge in [-0.05, 0) is 93.8 Å². The van der Waals surface area contributed by atoms with Crippen molar-refractivity contribution in [1.29, 1.82) is 0 Å². The maximum absolute atomic E-state index is 12.4. The molecule has 3 heteroatoms. The number of benzene rings is 1. The highest BCUT2D eigenvalue weighted by Gasteiger charge is 2.43. The SMILES string of the molecule is C=CC1=C(C)C[C@](C(C)=O)(c2cccc(C)c2C)C1.CC.CO.Cc1ccncc1C. The Bertz CT molecular complexity index is 875. The van der Waals surface area contributed by atoms with Crippen LogP contribution in [0.15, 0.2) is 60.5 Å². The Labute approximate surface area is 190 Å². The number of aromatic nitrogens is 1. The topological polar surface area (TPSA) is 50.2 Å². The summed E-state index contributed by atoms with van der Waals surface area (Å²) < 4.78 is 0. The van der Waals surface area contributed by atoms with E-state index in [-0.39, 0.29) is 11.2 Å². The first-order valence-electron chi connectivity index (χ1n) is 10.9. The third kappa shape index (κ3) is 7.00. The van der Waals surface area contributed by atoms with Crippen molar-refractivity contribution >= 4 is 5.78 Å². The zero-order valence-electron chi connectivity index (χ0n) is 21.0. The first-order valence-corrected chi connectivity index (χ1v) is 10.9. The molecule has 0 saturated heterocycles. The van der Waals surface area contributed by atoms with Crippen LogP contribution in [0.3, 0.4) is 0 Å². The van der Waals surface area contributed by atoms with Crippen molar-refractivity contribution in [1.82, 2.24) is 4.98 Å². The molecule has 0 unspecified atom stereocenters. The van der Waals surface area contributed by atoms with Crippen molar-refractivity contribution < 1.29 is 9.90 Å². The lowest BCUT2D eigenvalue weighted by Crippen LogP contribution is -2.33. The van der Waals surface area contributed by atoms with E-state index in [0.717, 1.165) is 20.0 Å². The number of carbonyl (C=O) groups is 1. The predicted molar refractivity (Wildman–Crippen MR) is 134 cm³/mol. The molecule has 2 aromatic rings. The molecule has 1 aromatic carbocycles. The van der Waals surface area contributed by atoms with Gasteiger partial charge in [0.15, 0.2) is 0 Å². The van der Waals surface area contributed by atoms with Crippen molar-refractivity contribution in [2.45, 2.75) is 73.6 Å². The van der Waals surface area contributed by atoms with Crippen LogP contribution in [0.5, 0.6) is 0 Å². The molecule has 0 spiro atoms. The third-order valence-corrected chi connectivity index (χ3v) is 5.95. The number of nitrogens with zero attached hydrogens (tertiary/aromatic N) is 1. The van der Waals surface area contributed by atoms with Gasteiger partial charge in [0.1, 0.15) is 5.78 Å². The Kier molecular flexibility index (Phi) is 12.6. The van der Waals surface area contributed by atoms with Gasteiger partial charge in [0.2, 0.25) is 0 Å². The van der Waals surface area contributed by atoms with Crippen LogP contribution in [0.2, 0.25) is 0 Å².